The Bertz CT molecular complexity index is 1070. The highest BCUT2D eigenvalue weighted by atomic mass is 16.7. The molecule has 2 amide bonds. The van der Waals surface area contributed by atoms with E-state index in [1.54, 1.807) is 17.0 Å². The molecular weight excluding hydrogens is 424 g/mol. The number of hydrogen-bond acceptors (Lipinski definition) is 6. The van der Waals surface area contributed by atoms with Crippen LogP contribution in [0.2, 0.25) is 0 Å². The third kappa shape index (κ3) is 4.29. The van der Waals surface area contributed by atoms with Gasteiger partial charge in [0.2, 0.25) is 18.6 Å². The summed E-state index contributed by atoms with van der Waals surface area (Å²) in [5.74, 6) is 2.23. The van der Waals surface area contributed by atoms with Gasteiger partial charge in [-0.25, -0.2) is 0 Å². The molecule has 3 aliphatic rings. The number of fused-ring (bicyclic) bond motifs is 2. The van der Waals surface area contributed by atoms with Crippen molar-refractivity contribution >= 4 is 17.5 Å². The SMILES string of the molecule is CC(C)[C@H](NC(=O)[C@@H]1CC(=O)N(c2ccc3c(c2)OCO3)C1)c1ccc2c(c1)OCCCO2. The van der Waals surface area contributed by atoms with E-state index in [0.29, 0.717) is 42.7 Å². The molecule has 33 heavy (non-hydrogen) atoms. The molecule has 3 heterocycles. The molecule has 1 N–H and O–H groups in total. The van der Waals surface area contributed by atoms with Gasteiger partial charge < -0.3 is 29.2 Å². The number of nitrogens with one attached hydrogen (secondary N) is 1. The lowest BCUT2D eigenvalue weighted by Gasteiger charge is -2.25. The van der Waals surface area contributed by atoms with Gasteiger partial charge in [0, 0.05) is 31.1 Å². The monoisotopic (exact) mass is 452 g/mol. The van der Waals surface area contributed by atoms with Crippen molar-refractivity contribution in [1.29, 1.82) is 0 Å². The van der Waals surface area contributed by atoms with Crippen molar-refractivity contribution in [1.82, 2.24) is 5.32 Å². The van der Waals surface area contributed by atoms with E-state index in [1.807, 2.05) is 24.3 Å². The predicted molar refractivity (Wildman–Crippen MR) is 121 cm³/mol. The van der Waals surface area contributed by atoms with E-state index in [-0.39, 0.29) is 37.0 Å². The minimum atomic E-state index is -0.426. The molecule has 0 aromatic heterocycles. The molecule has 0 bridgehead atoms. The van der Waals surface area contributed by atoms with Crippen molar-refractivity contribution in [3.05, 3.63) is 42.0 Å². The Hall–Kier alpha value is -3.42. The highest BCUT2D eigenvalue weighted by Gasteiger charge is 2.37. The number of benzene rings is 2. The summed E-state index contributed by atoms with van der Waals surface area (Å²) in [6.45, 7) is 5.87. The Kier molecular flexibility index (Phi) is 5.74. The van der Waals surface area contributed by atoms with Gasteiger partial charge in [0.15, 0.2) is 23.0 Å². The first-order valence-corrected chi connectivity index (χ1v) is 11.4. The molecule has 0 radical (unpaired) electrons. The smallest absolute Gasteiger partial charge is 0.231 e. The third-order valence-electron chi connectivity index (χ3n) is 6.26. The molecule has 0 unspecified atom stereocenters. The highest BCUT2D eigenvalue weighted by molar-refractivity contribution is 6.00. The van der Waals surface area contributed by atoms with Gasteiger partial charge in [-0.3, -0.25) is 9.59 Å². The van der Waals surface area contributed by atoms with Crippen LogP contribution in [0.25, 0.3) is 0 Å². The van der Waals surface area contributed by atoms with E-state index in [0.717, 1.165) is 17.7 Å². The molecule has 1 fully saturated rings. The summed E-state index contributed by atoms with van der Waals surface area (Å²) in [6.07, 6.45) is 1.01. The van der Waals surface area contributed by atoms with E-state index >= 15 is 0 Å². The molecule has 2 atom stereocenters. The van der Waals surface area contributed by atoms with Gasteiger partial charge in [-0.15, -0.1) is 0 Å². The van der Waals surface area contributed by atoms with Crippen LogP contribution in [0.15, 0.2) is 36.4 Å². The maximum absolute atomic E-state index is 13.2. The van der Waals surface area contributed by atoms with Crippen molar-refractivity contribution in [3.63, 3.8) is 0 Å². The zero-order chi connectivity index (χ0) is 22.9. The van der Waals surface area contributed by atoms with Crippen LogP contribution in [0.1, 0.15) is 38.3 Å². The van der Waals surface area contributed by atoms with E-state index in [1.165, 1.54) is 0 Å². The number of anilines is 1. The molecule has 8 nitrogen and oxygen atoms in total. The lowest BCUT2D eigenvalue weighted by molar-refractivity contribution is -0.127. The fourth-order valence-electron chi connectivity index (χ4n) is 4.47. The Labute approximate surface area is 192 Å². The number of amides is 2. The molecule has 8 heteroatoms. The first-order valence-electron chi connectivity index (χ1n) is 11.4. The summed E-state index contributed by atoms with van der Waals surface area (Å²) in [5.41, 5.74) is 1.67. The van der Waals surface area contributed by atoms with Crippen LogP contribution in [0.5, 0.6) is 23.0 Å². The minimum Gasteiger partial charge on any atom is -0.490 e. The second-order valence-corrected chi connectivity index (χ2v) is 8.93. The summed E-state index contributed by atoms with van der Waals surface area (Å²) in [5, 5.41) is 3.17. The second-order valence-electron chi connectivity index (χ2n) is 8.93. The van der Waals surface area contributed by atoms with Crippen molar-refractivity contribution in [3.8, 4) is 23.0 Å². The molecule has 5 rings (SSSR count). The average Bonchev–Trinajstić information content (AvgIpc) is 3.36. The molecule has 0 saturated carbocycles. The summed E-state index contributed by atoms with van der Waals surface area (Å²) in [4.78, 5) is 27.6. The Morgan fingerprint density at radius 1 is 0.970 bits per heavy atom. The summed E-state index contributed by atoms with van der Waals surface area (Å²) >= 11 is 0. The van der Waals surface area contributed by atoms with Crippen molar-refractivity contribution in [2.45, 2.75) is 32.7 Å². The van der Waals surface area contributed by atoms with Gasteiger partial charge in [-0.1, -0.05) is 19.9 Å². The highest BCUT2D eigenvalue weighted by Crippen LogP contribution is 2.38. The van der Waals surface area contributed by atoms with Gasteiger partial charge in [0.25, 0.3) is 0 Å². The van der Waals surface area contributed by atoms with Crippen molar-refractivity contribution in [2.24, 2.45) is 11.8 Å². The number of rotatable bonds is 5. The summed E-state index contributed by atoms with van der Waals surface area (Å²) in [7, 11) is 0. The van der Waals surface area contributed by atoms with Crippen LogP contribution in [0.3, 0.4) is 0 Å². The summed E-state index contributed by atoms with van der Waals surface area (Å²) in [6, 6.07) is 11.0. The van der Waals surface area contributed by atoms with Crippen LogP contribution in [-0.2, 0) is 9.59 Å². The molecule has 1 saturated heterocycles. The predicted octanol–water partition coefficient (Wildman–Crippen LogP) is 3.44. The second kappa shape index (κ2) is 8.84. The number of hydrogen-bond donors (Lipinski definition) is 1. The quantitative estimate of drug-likeness (QED) is 0.748. The van der Waals surface area contributed by atoms with Crippen LogP contribution >= 0.6 is 0 Å². The Balaban J connectivity index is 1.30. The minimum absolute atomic E-state index is 0.0781. The van der Waals surface area contributed by atoms with Crippen LogP contribution < -0.4 is 29.2 Å². The van der Waals surface area contributed by atoms with Gasteiger partial charge in [-0.05, 0) is 35.7 Å². The van der Waals surface area contributed by atoms with Crippen molar-refractivity contribution < 1.29 is 28.5 Å². The maximum atomic E-state index is 13.2. The maximum Gasteiger partial charge on any atom is 0.231 e. The fourth-order valence-corrected chi connectivity index (χ4v) is 4.47. The standard InChI is InChI=1S/C25H28N2O6/c1-15(2)24(16-4-6-19-21(10-16)31-9-3-8-30-19)26-25(29)17-11-23(28)27(13-17)18-5-7-20-22(12-18)33-14-32-20/h4-7,10,12,15,17,24H,3,8-9,11,13-14H2,1-2H3,(H,26,29)/t17-,24+/m1/s1. The van der Waals surface area contributed by atoms with Crippen molar-refractivity contribution in [2.75, 3.05) is 31.5 Å². The average molecular weight is 453 g/mol. The zero-order valence-corrected chi connectivity index (χ0v) is 18.8. The number of nitrogens with zero attached hydrogens (tertiary/aromatic N) is 1. The molecule has 0 aliphatic carbocycles. The molecule has 2 aromatic carbocycles. The molecule has 2 aromatic rings. The Morgan fingerprint density at radius 3 is 2.48 bits per heavy atom. The normalized spacial score (nSPS) is 20.0. The number of carbonyl (C=O) groups is 2. The van der Waals surface area contributed by atoms with E-state index in [2.05, 4.69) is 19.2 Å². The third-order valence-corrected chi connectivity index (χ3v) is 6.26. The lowest BCUT2D eigenvalue weighted by Crippen LogP contribution is -2.37. The van der Waals surface area contributed by atoms with Crippen LogP contribution in [0, 0.1) is 11.8 Å². The number of carbonyl (C=O) groups excluding carboxylic acids is 2. The zero-order valence-electron chi connectivity index (χ0n) is 18.8. The Morgan fingerprint density at radius 2 is 1.67 bits per heavy atom. The van der Waals surface area contributed by atoms with Crippen LogP contribution in [0.4, 0.5) is 5.69 Å². The van der Waals surface area contributed by atoms with E-state index < -0.39 is 5.92 Å². The van der Waals surface area contributed by atoms with Gasteiger partial charge >= 0.3 is 0 Å². The summed E-state index contributed by atoms with van der Waals surface area (Å²) < 4.78 is 22.3. The fraction of sp³-hybridized carbons (Fsp3) is 0.440. The first kappa shape index (κ1) is 21.4. The topological polar surface area (TPSA) is 86.3 Å². The number of ether oxygens (including phenoxy) is 4. The first-order chi connectivity index (χ1) is 16.0. The van der Waals surface area contributed by atoms with Gasteiger partial charge in [-0.2, -0.15) is 0 Å². The van der Waals surface area contributed by atoms with Gasteiger partial charge in [0.1, 0.15) is 0 Å². The molecule has 0 spiro atoms. The molecule has 3 aliphatic heterocycles. The lowest BCUT2D eigenvalue weighted by atomic mass is 9.94. The van der Waals surface area contributed by atoms with Crippen LogP contribution in [-0.4, -0.2) is 38.4 Å². The van der Waals surface area contributed by atoms with E-state index in [4.69, 9.17) is 18.9 Å². The largest absolute Gasteiger partial charge is 0.490 e. The van der Waals surface area contributed by atoms with E-state index in [9.17, 15) is 9.59 Å². The molecular formula is C25H28N2O6. The van der Waals surface area contributed by atoms with Gasteiger partial charge in [0.05, 0.1) is 25.2 Å². The molecule has 174 valence electrons.